The van der Waals surface area contributed by atoms with E-state index in [4.69, 9.17) is 9.47 Å². The SMILES string of the molecule is CCOCc1ccc(C(=O)NS(=O)(=O)CCOC(C)C)cn1. The number of nitrogens with zero attached hydrogens (tertiary/aromatic N) is 1. The molecule has 124 valence electrons. The molecule has 1 amide bonds. The Morgan fingerprint density at radius 2 is 2.09 bits per heavy atom. The molecule has 0 atom stereocenters. The summed E-state index contributed by atoms with van der Waals surface area (Å²) in [4.78, 5) is 15.9. The molecule has 1 aromatic rings. The van der Waals surface area contributed by atoms with Crippen molar-refractivity contribution in [1.29, 1.82) is 0 Å². The lowest BCUT2D eigenvalue weighted by Gasteiger charge is -2.09. The Bertz CT molecular complexity index is 569. The molecule has 0 bridgehead atoms. The van der Waals surface area contributed by atoms with Gasteiger partial charge in [-0.15, -0.1) is 0 Å². The van der Waals surface area contributed by atoms with Gasteiger partial charge in [-0.05, 0) is 32.9 Å². The minimum Gasteiger partial charge on any atom is -0.378 e. The summed E-state index contributed by atoms with van der Waals surface area (Å²) in [5.74, 6) is -0.979. The van der Waals surface area contributed by atoms with Crippen LogP contribution in [0.2, 0.25) is 0 Å². The van der Waals surface area contributed by atoms with Gasteiger partial charge in [0.15, 0.2) is 0 Å². The Balaban J connectivity index is 2.56. The lowest BCUT2D eigenvalue weighted by atomic mass is 10.2. The summed E-state index contributed by atoms with van der Waals surface area (Å²) in [6.45, 7) is 6.44. The number of hydrogen-bond donors (Lipinski definition) is 1. The molecule has 1 N–H and O–H groups in total. The van der Waals surface area contributed by atoms with Crippen LogP contribution in [0.15, 0.2) is 18.3 Å². The maximum absolute atomic E-state index is 11.9. The Hall–Kier alpha value is -1.51. The molecule has 0 aliphatic rings. The second kappa shape index (κ2) is 8.82. The lowest BCUT2D eigenvalue weighted by Crippen LogP contribution is -2.34. The van der Waals surface area contributed by atoms with Crippen LogP contribution in [-0.2, 0) is 26.1 Å². The number of nitrogens with one attached hydrogen (secondary N) is 1. The van der Waals surface area contributed by atoms with Crippen molar-refractivity contribution in [3.63, 3.8) is 0 Å². The van der Waals surface area contributed by atoms with E-state index >= 15 is 0 Å². The van der Waals surface area contributed by atoms with Gasteiger partial charge < -0.3 is 9.47 Å². The topological polar surface area (TPSA) is 94.6 Å². The average Bonchev–Trinajstić information content (AvgIpc) is 2.44. The van der Waals surface area contributed by atoms with Crippen LogP contribution in [-0.4, -0.2) is 44.4 Å². The van der Waals surface area contributed by atoms with E-state index in [0.717, 1.165) is 0 Å². The predicted octanol–water partition coefficient (Wildman–Crippen LogP) is 1.10. The third kappa shape index (κ3) is 6.97. The molecule has 0 aliphatic carbocycles. The van der Waals surface area contributed by atoms with Crippen LogP contribution in [0.3, 0.4) is 0 Å². The van der Waals surface area contributed by atoms with E-state index < -0.39 is 15.9 Å². The lowest BCUT2D eigenvalue weighted by molar-refractivity contribution is 0.0908. The van der Waals surface area contributed by atoms with E-state index in [-0.39, 0.29) is 24.0 Å². The Morgan fingerprint density at radius 3 is 2.64 bits per heavy atom. The highest BCUT2D eigenvalue weighted by Gasteiger charge is 2.16. The number of hydrogen-bond acceptors (Lipinski definition) is 6. The normalized spacial score (nSPS) is 11.6. The largest absolute Gasteiger partial charge is 0.378 e. The first-order chi connectivity index (χ1) is 10.3. The van der Waals surface area contributed by atoms with Crippen molar-refractivity contribution in [2.75, 3.05) is 19.0 Å². The molecule has 0 aromatic carbocycles. The van der Waals surface area contributed by atoms with E-state index in [2.05, 4.69) is 4.98 Å². The van der Waals surface area contributed by atoms with Crippen molar-refractivity contribution >= 4 is 15.9 Å². The first-order valence-corrected chi connectivity index (χ1v) is 8.68. The Kier molecular flexibility index (Phi) is 7.43. The number of aromatic nitrogens is 1. The van der Waals surface area contributed by atoms with Crippen molar-refractivity contribution in [2.24, 2.45) is 0 Å². The summed E-state index contributed by atoms with van der Waals surface area (Å²) in [5.41, 5.74) is 0.847. The number of carbonyl (C=O) groups excluding carboxylic acids is 1. The third-order valence-corrected chi connectivity index (χ3v) is 3.79. The van der Waals surface area contributed by atoms with Gasteiger partial charge in [0.25, 0.3) is 5.91 Å². The second-order valence-electron chi connectivity index (χ2n) is 4.84. The maximum atomic E-state index is 11.9. The minimum absolute atomic E-state index is 0.0336. The molecule has 1 rings (SSSR count). The fourth-order valence-corrected chi connectivity index (χ4v) is 2.31. The average molecular weight is 330 g/mol. The van der Waals surface area contributed by atoms with Crippen molar-refractivity contribution < 1.29 is 22.7 Å². The van der Waals surface area contributed by atoms with Crippen LogP contribution in [0.5, 0.6) is 0 Å². The van der Waals surface area contributed by atoms with Crippen LogP contribution < -0.4 is 4.72 Å². The van der Waals surface area contributed by atoms with Crippen LogP contribution >= 0.6 is 0 Å². The number of amides is 1. The van der Waals surface area contributed by atoms with E-state index in [9.17, 15) is 13.2 Å². The van der Waals surface area contributed by atoms with E-state index in [1.54, 1.807) is 19.9 Å². The van der Waals surface area contributed by atoms with Gasteiger partial charge >= 0.3 is 0 Å². The molecular formula is C14H22N2O5S. The number of pyridine rings is 1. The number of rotatable bonds is 9. The van der Waals surface area contributed by atoms with Gasteiger partial charge in [-0.1, -0.05) is 0 Å². The van der Waals surface area contributed by atoms with Crippen molar-refractivity contribution in [3.8, 4) is 0 Å². The highest BCUT2D eigenvalue weighted by Crippen LogP contribution is 2.03. The molecule has 0 unspecified atom stereocenters. The van der Waals surface area contributed by atoms with Crippen molar-refractivity contribution in [2.45, 2.75) is 33.5 Å². The first-order valence-electron chi connectivity index (χ1n) is 7.03. The fraction of sp³-hybridized carbons (Fsp3) is 0.571. The molecule has 22 heavy (non-hydrogen) atoms. The molecule has 0 aliphatic heterocycles. The number of ether oxygens (including phenoxy) is 2. The van der Waals surface area contributed by atoms with Gasteiger partial charge in [-0.25, -0.2) is 13.1 Å². The zero-order valence-electron chi connectivity index (χ0n) is 13.0. The number of sulfonamides is 1. The van der Waals surface area contributed by atoms with E-state index in [1.807, 2.05) is 11.6 Å². The van der Waals surface area contributed by atoms with Gasteiger partial charge in [0, 0.05) is 12.8 Å². The van der Waals surface area contributed by atoms with Gasteiger partial charge in [0.1, 0.15) is 0 Å². The van der Waals surface area contributed by atoms with Crippen molar-refractivity contribution in [3.05, 3.63) is 29.6 Å². The molecule has 0 fully saturated rings. The third-order valence-electron chi connectivity index (χ3n) is 2.59. The molecule has 1 heterocycles. The molecule has 0 radical (unpaired) electrons. The molecule has 1 aromatic heterocycles. The molecule has 0 spiro atoms. The summed E-state index contributed by atoms with van der Waals surface area (Å²) >= 11 is 0. The molecule has 7 nitrogen and oxygen atoms in total. The van der Waals surface area contributed by atoms with E-state index in [1.165, 1.54) is 12.3 Å². The maximum Gasteiger partial charge on any atom is 0.266 e. The fourth-order valence-electron chi connectivity index (χ4n) is 1.50. The monoisotopic (exact) mass is 330 g/mol. The van der Waals surface area contributed by atoms with Crippen LogP contribution in [0.4, 0.5) is 0 Å². The Morgan fingerprint density at radius 1 is 1.36 bits per heavy atom. The van der Waals surface area contributed by atoms with Gasteiger partial charge in [0.2, 0.25) is 10.0 Å². The Labute approximate surface area is 131 Å². The summed E-state index contributed by atoms with van der Waals surface area (Å²) in [6.07, 6.45) is 1.26. The van der Waals surface area contributed by atoms with Gasteiger partial charge in [-0.3, -0.25) is 9.78 Å². The standard InChI is InChI=1S/C14H22N2O5S/c1-4-20-10-13-6-5-12(9-15-13)14(17)16-22(18,19)8-7-21-11(2)3/h5-6,9,11H,4,7-8,10H2,1-3H3,(H,16,17). The minimum atomic E-state index is -3.73. The zero-order valence-corrected chi connectivity index (χ0v) is 13.9. The van der Waals surface area contributed by atoms with Crippen LogP contribution in [0, 0.1) is 0 Å². The van der Waals surface area contributed by atoms with Gasteiger partial charge in [0.05, 0.1) is 36.3 Å². The molecule has 0 saturated carbocycles. The van der Waals surface area contributed by atoms with Crippen molar-refractivity contribution in [1.82, 2.24) is 9.71 Å². The molecule has 8 heteroatoms. The first kappa shape index (κ1) is 18.5. The van der Waals surface area contributed by atoms with Crippen LogP contribution in [0.25, 0.3) is 0 Å². The van der Waals surface area contributed by atoms with Crippen LogP contribution in [0.1, 0.15) is 36.8 Å². The highest BCUT2D eigenvalue weighted by molar-refractivity contribution is 7.90. The second-order valence-corrected chi connectivity index (χ2v) is 6.69. The summed E-state index contributed by atoms with van der Waals surface area (Å²) in [7, 11) is -3.73. The summed E-state index contributed by atoms with van der Waals surface area (Å²) in [6, 6.07) is 3.13. The van der Waals surface area contributed by atoms with E-state index in [0.29, 0.717) is 18.9 Å². The smallest absolute Gasteiger partial charge is 0.266 e. The molecule has 0 saturated heterocycles. The number of carbonyl (C=O) groups is 1. The van der Waals surface area contributed by atoms with Gasteiger partial charge in [-0.2, -0.15) is 0 Å². The summed E-state index contributed by atoms with van der Waals surface area (Å²) in [5, 5.41) is 0. The molecular weight excluding hydrogens is 308 g/mol. The quantitative estimate of drug-likeness (QED) is 0.728. The summed E-state index contributed by atoms with van der Waals surface area (Å²) < 4.78 is 35.8. The zero-order chi connectivity index (χ0) is 16.6. The highest BCUT2D eigenvalue weighted by atomic mass is 32.2. The predicted molar refractivity (Wildman–Crippen MR) is 81.9 cm³/mol.